The number of rotatable bonds is 24. The molecule has 2 aromatic carbocycles. The number of allylic oxidation sites excluding steroid dienone is 4. The highest BCUT2D eigenvalue weighted by Gasteiger charge is 2.51. The van der Waals surface area contributed by atoms with Crippen LogP contribution in [-0.4, -0.2) is 219 Å². The minimum Gasteiger partial charge on any atom is -0.497 e. The number of carbonyl (C=O) groups excluding carboxylic acids is 2. The van der Waals surface area contributed by atoms with E-state index in [1.165, 1.54) is 6.08 Å². The zero-order valence-electron chi connectivity index (χ0n) is 90.6. The van der Waals surface area contributed by atoms with E-state index in [9.17, 15) is 9.90 Å². The smallest absolute Gasteiger partial charge is 0.331 e. The fourth-order valence-electron chi connectivity index (χ4n) is 20.6. The molecule has 0 spiro atoms. The zero-order chi connectivity index (χ0) is 101. The highest BCUT2D eigenvalue weighted by Crippen LogP contribution is 2.49. The largest absolute Gasteiger partial charge is 0.497 e. The summed E-state index contributed by atoms with van der Waals surface area (Å²) in [6, 6.07) is 15.7. The number of hydrogen-bond donors (Lipinski definition) is 1. The van der Waals surface area contributed by atoms with Gasteiger partial charge < -0.3 is 94.2 Å². The Morgan fingerprint density at radius 2 is 0.803 bits per heavy atom. The average molecular weight is 1970 g/mol. The van der Waals surface area contributed by atoms with Gasteiger partial charge in [0.2, 0.25) is 0 Å². The first-order valence-corrected chi connectivity index (χ1v) is 60.9. The lowest BCUT2D eigenvalue weighted by molar-refractivity contribution is -0.279. The van der Waals surface area contributed by atoms with Crippen LogP contribution in [0.1, 0.15) is 285 Å². The maximum absolute atomic E-state index is 15.5. The molecule has 0 aliphatic carbocycles. The number of aliphatic hydroxyl groups excluding tert-OH is 1. The Labute approximate surface area is 831 Å². The number of hydrogen-bond acceptors (Lipinski definition) is 22. The van der Waals surface area contributed by atoms with Gasteiger partial charge in [0.05, 0.1) is 136 Å². The Morgan fingerprint density at radius 1 is 0.416 bits per heavy atom. The molecule has 0 aromatic heterocycles. The molecule has 7 heterocycles. The number of methoxy groups -OCH3 is 6. The predicted molar refractivity (Wildman–Crippen MR) is 553 cm³/mol. The Morgan fingerprint density at radius 3 is 1.19 bits per heavy atom. The minimum absolute atomic E-state index is 0.0238. The van der Waals surface area contributed by atoms with Gasteiger partial charge in [-0.25, -0.2) is 9.59 Å². The minimum atomic E-state index is -2.53. The van der Waals surface area contributed by atoms with Crippen molar-refractivity contribution in [2.24, 2.45) is 47.3 Å². The molecular formula is C112H186O22Si3. The molecule has 9 rings (SSSR count). The van der Waals surface area contributed by atoms with Gasteiger partial charge in [0, 0.05) is 126 Å². The molecule has 8 bridgehead atoms. The van der Waals surface area contributed by atoms with Crippen molar-refractivity contribution >= 4 is 36.9 Å². The van der Waals surface area contributed by atoms with Gasteiger partial charge in [0.25, 0.3) is 0 Å². The van der Waals surface area contributed by atoms with Gasteiger partial charge in [-0.3, -0.25) is 0 Å². The van der Waals surface area contributed by atoms with Crippen molar-refractivity contribution in [3.05, 3.63) is 132 Å². The van der Waals surface area contributed by atoms with Gasteiger partial charge in [-0.2, -0.15) is 0 Å². The van der Waals surface area contributed by atoms with Gasteiger partial charge in [-0.15, -0.1) is 0 Å². The van der Waals surface area contributed by atoms with Gasteiger partial charge in [0.1, 0.15) is 23.7 Å². The maximum atomic E-state index is 15.5. The van der Waals surface area contributed by atoms with E-state index in [2.05, 4.69) is 193 Å². The molecule has 32 atom stereocenters. The van der Waals surface area contributed by atoms with Crippen molar-refractivity contribution in [2.45, 2.75) is 462 Å². The van der Waals surface area contributed by atoms with Crippen LogP contribution in [0.25, 0.3) is 0 Å². The summed E-state index contributed by atoms with van der Waals surface area (Å²) in [6.07, 6.45) is 24.4. The van der Waals surface area contributed by atoms with Gasteiger partial charge >= 0.3 is 11.9 Å². The number of aliphatic hydroxyl groups is 1. The molecule has 0 unspecified atom stereocenters. The molecule has 1 N–H and O–H groups in total. The van der Waals surface area contributed by atoms with E-state index in [0.717, 1.165) is 67.2 Å². The highest BCUT2D eigenvalue weighted by atomic mass is 28.4. The van der Waals surface area contributed by atoms with Crippen LogP contribution in [0.2, 0.25) is 54.4 Å². The summed E-state index contributed by atoms with van der Waals surface area (Å²) in [5.74, 6) is -1.79. The number of fused-ring (bicyclic) bond motifs is 8. The predicted octanol–water partition coefficient (Wildman–Crippen LogP) is 24.7. The molecule has 22 nitrogen and oxygen atoms in total. The molecule has 25 heteroatoms. The number of carbonyl (C=O) groups is 2. The number of esters is 2. The van der Waals surface area contributed by atoms with Crippen LogP contribution < -0.4 is 9.47 Å². The van der Waals surface area contributed by atoms with Crippen molar-refractivity contribution < 1.29 is 104 Å². The zero-order valence-corrected chi connectivity index (χ0v) is 93.6. The lowest BCUT2D eigenvalue weighted by atomic mass is 9.78. The fraction of sp³-hybridized carbons (Fsp3) is 0.768. The van der Waals surface area contributed by atoms with Crippen LogP contribution in [0, 0.1) is 47.3 Å². The SMILES string of the molecule is COc1ccc([C@@H]2O[C@H]3C[C@@H](O2)[C@H](C)[C@H](O)[C@@H](C)[C@H]([C@@H](C)CC[C@H]2C[C@H](OC)C[C@H](C)O2)OC(=O)/C=C/C(C)=C/C[C@H](O[Si](C)(C)C(C)(C)C)C[C@@H]2C=CC[C@@H](C[C@H](OC)[C@@H](C)[C@@H]4C[C@@H](O[C@H](c5ccc(OC)cc5)O4)[C@H](C)[C@@H]([C@@H](C)[C@@H](O[Si](C)(C)C(C)(C)C)[C@@H](C)CC[C@H]4C[C@H](OC)C[C@H](C)O4)OC(=O)/C=C/C(C)=C/C[C@H](O[Si](C)(C)C(C)(C)C)C[C@@H]4C=CC[C@@H](C[C@H](OC)[C@H]3C)O4)O2)cc1. The first-order valence-electron chi connectivity index (χ1n) is 52.1. The third-order valence-electron chi connectivity index (χ3n) is 32.8. The van der Waals surface area contributed by atoms with Crippen molar-refractivity contribution in [3.8, 4) is 11.5 Å². The molecule has 0 saturated carbocycles. The third kappa shape index (κ3) is 33.7. The first kappa shape index (κ1) is 116. The summed E-state index contributed by atoms with van der Waals surface area (Å²) in [6.45, 7) is 60.0. The topological polar surface area (TPSA) is 230 Å². The first-order chi connectivity index (χ1) is 64.3. The summed E-state index contributed by atoms with van der Waals surface area (Å²) in [5.41, 5.74) is 3.41. The number of benzene rings is 2. The highest BCUT2D eigenvalue weighted by molar-refractivity contribution is 6.75. The molecule has 7 aliphatic heterocycles. The van der Waals surface area contributed by atoms with E-state index in [4.69, 9.17) is 89.1 Å². The van der Waals surface area contributed by atoms with Crippen LogP contribution in [-0.2, 0) is 89.2 Å². The van der Waals surface area contributed by atoms with Crippen molar-refractivity contribution in [1.82, 2.24) is 0 Å². The summed E-state index contributed by atoms with van der Waals surface area (Å²) < 4.78 is 130. The van der Waals surface area contributed by atoms with E-state index in [0.29, 0.717) is 82.1 Å². The second kappa shape index (κ2) is 52.5. The lowest BCUT2D eigenvalue weighted by Gasteiger charge is -2.47. The van der Waals surface area contributed by atoms with Gasteiger partial charge in [0.15, 0.2) is 37.5 Å². The molecule has 0 radical (unpaired) electrons. The Balaban J connectivity index is 1.11. The summed E-state index contributed by atoms with van der Waals surface area (Å²) in [5, 5.41) is 12.8. The summed E-state index contributed by atoms with van der Waals surface area (Å²) in [4.78, 5) is 30.3. The molecule has 4 fully saturated rings. The number of cyclic esters (lactones) is 2. The van der Waals surface area contributed by atoms with E-state index in [1.54, 1.807) is 48.7 Å². The van der Waals surface area contributed by atoms with Gasteiger partial charge in [-0.1, -0.05) is 202 Å². The van der Waals surface area contributed by atoms with Crippen molar-refractivity contribution in [2.75, 3.05) is 42.7 Å². The molecule has 0 amide bonds. The van der Waals surface area contributed by atoms with Gasteiger partial charge in [-0.05, 0) is 195 Å². The van der Waals surface area contributed by atoms with Crippen LogP contribution in [0.3, 0.4) is 0 Å². The molecule has 2 aromatic rings. The molecular weight excluding hydrogens is 1780 g/mol. The molecule has 778 valence electrons. The summed E-state index contributed by atoms with van der Waals surface area (Å²) in [7, 11) is 3.15. The van der Waals surface area contributed by atoms with E-state index in [-0.39, 0.29) is 142 Å². The Kier molecular flexibility index (Phi) is 44.4. The monoisotopic (exact) mass is 1970 g/mol. The van der Waals surface area contributed by atoms with E-state index < -0.39 is 104 Å². The quantitative estimate of drug-likeness (QED) is 0.0585. The lowest BCUT2D eigenvalue weighted by Crippen LogP contribution is -2.53. The maximum Gasteiger partial charge on any atom is 0.331 e. The average Bonchev–Trinajstić information content (AvgIpc) is 0.784. The van der Waals surface area contributed by atoms with Crippen LogP contribution in [0.5, 0.6) is 11.5 Å². The van der Waals surface area contributed by atoms with Crippen molar-refractivity contribution in [1.29, 1.82) is 0 Å². The Hall–Kier alpha value is -4.57. The summed E-state index contributed by atoms with van der Waals surface area (Å²) >= 11 is 0. The van der Waals surface area contributed by atoms with Crippen molar-refractivity contribution in [3.63, 3.8) is 0 Å². The normalized spacial score (nSPS) is 36.1. The molecule has 7 aliphatic rings. The van der Waals surface area contributed by atoms with Crippen LogP contribution in [0.15, 0.2) is 120 Å². The van der Waals surface area contributed by atoms with E-state index >= 15 is 4.79 Å². The third-order valence-corrected chi connectivity index (χ3v) is 46.3. The van der Waals surface area contributed by atoms with Crippen LogP contribution >= 0.6 is 0 Å². The fourth-order valence-corrected chi connectivity index (χ4v) is 24.9. The van der Waals surface area contributed by atoms with Crippen LogP contribution in [0.4, 0.5) is 0 Å². The second-order valence-corrected chi connectivity index (χ2v) is 60.8. The molecule has 137 heavy (non-hydrogen) atoms. The standard InChI is InChI=1S/C112H186O22Si3/c1-70-40-50-92(132-135(28,29)110(13,14)15)62-87-37-35-39-89(125-87)67-97(121-27)77(8)99-69-101(129-109(127-99)83-48-56-85(117-23)57-49-83)79(10)107(81(12)106(134-137(32,33)112(19,20)21)73(4)45-53-91-65-95(119-25)61-75(6)123-91)131-103(114)59-43-71(2)41-51-93(133-136(30,31)111(16,17)18)63-86-36-34-38-88(124-86)66-96(120-26)76(7)98-68-100(128-108(126-98)82-46-54-84(116-22)55-47-82)78(9)104(115)80(11)105(130-102(113)58-42-70)72(3)44-52-90-64-94(118-24)60-74(5)122-90/h34-37,40-43,46-49,54-59,72-81,86-101,104-109,115H,38-39,44-45,50-53,60-69H2,1-33H3/b58-42+,59-43+,70-40+,71-41+/t72-,73-,74-,75-,76+,77+,78-,79-,80+,81-,86-,87-,88-,89-,90-,91-,92-,93-,94+,95+,96-,97-,98-,99-,100+,101+,104-,105-,106-,107-,108+,109+/m0/s1. The Bertz CT molecular complexity index is 4140. The second-order valence-electron chi connectivity index (χ2n) is 46.5. The number of ether oxygens (including phenoxy) is 16. The molecule has 4 saturated heterocycles. The van der Waals surface area contributed by atoms with E-state index in [1.807, 2.05) is 88.4 Å².